The lowest BCUT2D eigenvalue weighted by atomic mass is 10.0. The molecule has 0 heterocycles. The van der Waals surface area contributed by atoms with Crippen molar-refractivity contribution in [2.45, 2.75) is 19.0 Å². The van der Waals surface area contributed by atoms with Gasteiger partial charge in [0.25, 0.3) is 5.78 Å². The zero-order chi connectivity index (χ0) is 18.4. The Hall–Kier alpha value is -2.83. The van der Waals surface area contributed by atoms with E-state index in [1.165, 1.54) is 36.4 Å². The van der Waals surface area contributed by atoms with Crippen molar-refractivity contribution in [1.29, 1.82) is 0 Å². The van der Waals surface area contributed by atoms with Crippen LogP contribution in [0, 0.1) is 0 Å². The Morgan fingerprint density at radius 2 is 1.64 bits per heavy atom. The van der Waals surface area contributed by atoms with Crippen LogP contribution < -0.4 is 4.74 Å². The Morgan fingerprint density at radius 3 is 2.24 bits per heavy atom. The van der Waals surface area contributed by atoms with E-state index in [2.05, 4.69) is 0 Å². The fourth-order valence-corrected chi connectivity index (χ4v) is 2.29. The highest BCUT2D eigenvalue weighted by atomic mass is 19.4. The summed E-state index contributed by atoms with van der Waals surface area (Å²) in [5, 5.41) is 8.61. The fourth-order valence-electron chi connectivity index (χ4n) is 2.29. The Balaban J connectivity index is 1.88. The van der Waals surface area contributed by atoms with Crippen LogP contribution in [0.4, 0.5) is 13.2 Å². The zero-order valence-electron chi connectivity index (χ0n) is 13.0. The van der Waals surface area contributed by atoms with Crippen LogP contribution in [-0.2, 0) is 17.4 Å². The number of aliphatic carboxylic acids is 1. The molecule has 0 saturated carbocycles. The minimum absolute atomic E-state index is 0.0268. The van der Waals surface area contributed by atoms with Crippen molar-refractivity contribution in [3.8, 4) is 5.75 Å². The molecule has 4 nitrogen and oxygen atoms in total. The van der Waals surface area contributed by atoms with Crippen LogP contribution in [0.5, 0.6) is 5.75 Å². The van der Waals surface area contributed by atoms with Gasteiger partial charge >= 0.3 is 12.1 Å². The van der Waals surface area contributed by atoms with E-state index in [0.717, 1.165) is 6.07 Å². The molecule has 132 valence electrons. The van der Waals surface area contributed by atoms with Crippen molar-refractivity contribution >= 4 is 11.8 Å². The molecule has 2 rings (SSSR count). The first kappa shape index (κ1) is 18.5. The molecular formula is C18H15F3O4. The second kappa shape index (κ2) is 7.83. The number of alkyl halides is 3. The van der Waals surface area contributed by atoms with E-state index in [1.807, 2.05) is 0 Å². The van der Waals surface area contributed by atoms with Crippen LogP contribution in [0.3, 0.4) is 0 Å². The third-order valence-electron chi connectivity index (χ3n) is 3.49. The van der Waals surface area contributed by atoms with Gasteiger partial charge in [0.15, 0.2) is 0 Å². The van der Waals surface area contributed by atoms with Crippen molar-refractivity contribution in [3.63, 3.8) is 0 Å². The van der Waals surface area contributed by atoms with Gasteiger partial charge in [0.1, 0.15) is 5.75 Å². The zero-order valence-corrected chi connectivity index (χ0v) is 13.0. The lowest BCUT2D eigenvalue weighted by molar-refractivity contribution is -0.138. The van der Waals surface area contributed by atoms with E-state index in [1.54, 1.807) is 6.07 Å². The first-order valence-electron chi connectivity index (χ1n) is 7.44. The predicted molar refractivity (Wildman–Crippen MR) is 83.7 cm³/mol. The second-order valence-electron chi connectivity index (χ2n) is 5.27. The highest BCUT2D eigenvalue weighted by Gasteiger charge is 2.32. The van der Waals surface area contributed by atoms with Crippen molar-refractivity contribution in [1.82, 2.24) is 0 Å². The minimum atomic E-state index is -4.38. The highest BCUT2D eigenvalue weighted by molar-refractivity contribution is 6.39. The first-order chi connectivity index (χ1) is 11.8. The van der Waals surface area contributed by atoms with Gasteiger partial charge in [-0.05, 0) is 48.7 Å². The monoisotopic (exact) mass is 352 g/mol. The number of hydrogen-bond acceptors (Lipinski definition) is 3. The van der Waals surface area contributed by atoms with E-state index in [4.69, 9.17) is 9.84 Å². The largest absolute Gasteiger partial charge is 0.494 e. The number of ether oxygens (including phenoxy) is 1. The fraction of sp³-hybridized carbons (Fsp3) is 0.222. The quantitative estimate of drug-likeness (QED) is 0.465. The molecule has 0 aliphatic carbocycles. The molecule has 0 atom stereocenters. The second-order valence-corrected chi connectivity index (χ2v) is 5.27. The van der Waals surface area contributed by atoms with E-state index in [9.17, 15) is 22.8 Å². The summed E-state index contributed by atoms with van der Waals surface area (Å²) in [7, 11) is 0. The lowest BCUT2D eigenvalue weighted by Gasteiger charge is -2.12. The van der Waals surface area contributed by atoms with Crippen LogP contribution in [0.15, 0.2) is 48.5 Å². The summed E-state index contributed by atoms with van der Waals surface area (Å²) < 4.78 is 44.1. The van der Waals surface area contributed by atoms with Crippen LogP contribution in [-0.4, -0.2) is 23.5 Å². The summed E-state index contributed by atoms with van der Waals surface area (Å²) in [5.74, 6) is -2.15. The standard InChI is InChI=1S/C18H15F3O4/c19-18(20,21)15-6-2-1-4-12(15)5-3-11-25-14-9-7-13(8-10-14)16(22)17(23)24/h1-2,4,6-10H,3,5,11H2,(H,23,24). The molecule has 0 aromatic heterocycles. The summed E-state index contributed by atoms with van der Waals surface area (Å²) in [6, 6.07) is 10.9. The third-order valence-corrected chi connectivity index (χ3v) is 3.49. The van der Waals surface area contributed by atoms with Gasteiger partial charge in [0.2, 0.25) is 0 Å². The number of carboxylic acid groups (broad SMARTS) is 1. The number of ketones is 1. The summed E-state index contributed by atoms with van der Waals surface area (Å²) in [6.45, 7) is 0.193. The smallest absolute Gasteiger partial charge is 0.416 e. The van der Waals surface area contributed by atoms with Gasteiger partial charge < -0.3 is 9.84 Å². The average Bonchev–Trinajstić information content (AvgIpc) is 2.58. The maximum absolute atomic E-state index is 12.9. The maximum Gasteiger partial charge on any atom is 0.416 e. The number of carboxylic acids is 1. The average molecular weight is 352 g/mol. The molecule has 0 amide bonds. The molecule has 1 N–H and O–H groups in total. The van der Waals surface area contributed by atoms with Gasteiger partial charge in [-0.25, -0.2) is 4.79 Å². The van der Waals surface area contributed by atoms with Crippen molar-refractivity contribution in [2.75, 3.05) is 6.61 Å². The SMILES string of the molecule is O=C(O)C(=O)c1ccc(OCCCc2ccccc2C(F)(F)F)cc1. The summed E-state index contributed by atoms with van der Waals surface area (Å²) in [5.41, 5.74) is -0.411. The van der Waals surface area contributed by atoms with Gasteiger partial charge in [-0.15, -0.1) is 0 Å². The topological polar surface area (TPSA) is 63.6 Å². The molecule has 7 heteroatoms. The minimum Gasteiger partial charge on any atom is -0.494 e. The molecule has 0 fully saturated rings. The van der Waals surface area contributed by atoms with E-state index < -0.39 is 23.5 Å². The molecule has 0 bridgehead atoms. The normalized spacial score (nSPS) is 11.2. The molecule has 2 aromatic rings. The molecule has 0 aliphatic rings. The number of aryl methyl sites for hydroxylation is 1. The van der Waals surface area contributed by atoms with Crippen molar-refractivity contribution < 1.29 is 32.6 Å². The molecule has 25 heavy (non-hydrogen) atoms. The Bertz CT molecular complexity index is 752. The van der Waals surface area contributed by atoms with Gasteiger partial charge in [0, 0.05) is 5.56 Å². The van der Waals surface area contributed by atoms with E-state index in [0.29, 0.717) is 12.2 Å². The molecule has 0 saturated heterocycles. The number of halogens is 3. The van der Waals surface area contributed by atoms with Gasteiger partial charge in [0.05, 0.1) is 12.2 Å². The molecular weight excluding hydrogens is 337 g/mol. The van der Waals surface area contributed by atoms with Crippen molar-refractivity contribution in [3.05, 3.63) is 65.2 Å². The number of rotatable bonds is 7. The number of hydrogen-bond donors (Lipinski definition) is 1. The van der Waals surface area contributed by atoms with Crippen molar-refractivity contribution in [2.24, 2.45) is 0 Å². The van der Waals surface area contributed by atoms with Crippen LogP contribution in [0.1, 0.15) is 27.9 Å². The van der Waals surface area contributed by atoms with Gasteiger partial charge in [-0.2, -0.15) is 13.2 Å². The number of benzene rings is 2. The predicted octanol–water partition coefficient (Wildman–Crippen LogP) is 3.98. The number of carbonyl (C=O) groups is 2. The molecule has 0 aliphatic heterocycles. The molecule has 0 spiro atoms. The Labute approximate surface area is 141 Å². The van der Waals surface area contributed by atoms with Crippen LogP contribution >= 0.6 is 0 Å². The van der Waals surface area contributed by atoms with E-state index in [-0.39, 0.29) is 24.2 Å². The number of carbonyl (C=O) groups excluding carboxylic acids is 1. The van der Waals surface area contributed by atoms with Crippen LogP contribution in [0.2, 0.25) is 0 Å². The molecule has 0 unspecified atom stereocenters. The molecule has 0 radical (unpaired) electrons. The lowest BCUT2D eigenvalue weighted by Crippen LogP contribution is -2.12. The number of Topliss-reactive ketones (excluding diaryl/α,β-unsaturated/α-hetero) is 1. The highest BCUT2D eigenvalue weighted by Crippen LogP contribution is 2.32. The summed E-state index contributed by atoms with van der Waals surface area (Å²) in [4.78, 5) is 21.8. The third kappa shape index (κ3) is 5.07. The maximum atomic E-state index is 12.9. The molecule has 2 aromatic carbocycles. The van der Waals surface area contributed by atoms with Gasteiger partial charge in [-0.3, -0.25) is 4.79 Å². The van der Waals surface area contributed by atoms with Crippen LogP contribution in [0.25, 0.3) is 0 Å². The summed E-state index contributed by atoms with van der Waals surface area (Å²) in [6.07, 6.45) is -3.79. The Kier molecular flexibility index (Phi) is 5.80. The Morgan fingerprint density at radius 1 is 1.00 bits per heavy atom. The van der Waals surface area contributed by atoms with E-state index >= 15 is 0 Å². The first-order valence-corrected chi connectivity index (χ1v) is 7.44. The van der Waals surface area contributed by atoms with Gasteiger partial charge in [-0.1, -0.05) is 18.2 Å². The summed E-state index contributed by atoms with van der Waals surface area (Å²) >= 11 is 0.